The van der Waals surface area contributed by atoms with Gasteiger partial charge in [0, 0.05) is 38.7 Å². The summed E-state index contributed by atoms with van der Waals surface area (Å²) in [5.41, 5.74) is -9.66. The van der Waals surface area contributed by atoms with Crippen molar-refractivity contribution >= 4 is 55.5 Å². The van der Waals surface area contributed by atoms with Crippen LogP contribution in [0.2, 0.25) is 0 Å². The van der Waals surface area contributed by atoms with Gasteiger partial charge in [0.1, 0.15) is 12.1 Å². The normalized spacial score (nSPS) is 15.7. The summed E-state index contributed by atoms with van der Waals surface area (Å²) < 4.78 is 120. The van der Waals surface area contributed by atoms with Gasteiger partial charge in [0.15, 0.2) is 0 Å². The lowest BCUT2D eigenvalue weighted by atomic mass is 9.99. The summed E-state index contributed by atoms with van der Waals surface area (Å²) in [6, 6.07) is 6.11. The van der Waals surface area contributed by atoms with Crippen LogP contribution in [0.3, 0.4) is 0 Å². The Hall–Kier alpha value is -3.79. The number of amides is 3. The van der Waals surface area contributed by atoms with Gasteiger partial charge in [0.05, 0.1) is 0 Å². The summed E-state index contributed by atoms with van der Waals surface area (Å²) in [6.07, 6.45) is -6.01. The van der Waals surface area contributed by atoms with E-state index in [-0.39, 0.29) is 14.7 Å². The minimum absolute atomic E-state index is 0.00264. The van der Waals surface area contributed by atoms with Gasteiger partial charge in [-0.05, 0) is 51.9 Å². The summed E-state index contributed by atoms with van der Waals surface area (Å²) >= 11 is 1.63. The molecule has 0 fully saturated rings. The van der Waals surface area contributed by atoms with Crippen molar-refractivity contribution in [3.8, 4) is 0 Å². The lowest BCUT2D eigenvalue weighted by Crippen LogP contribution is -2.54. The van der Waals surface area contributed by atoms with E-state index in [1.165, 1.54) is 0 Å². The van der Waals surface area contributed by atoms with Crippen LogP contribution in [0.1, 0.15) is 38.2 Å². The molecule has 0 bridgehead atoms. The van der Waals surface area contributed by atoms with Crippen molar-refractivity contribution in [3.63, 3.8) is 0 Å². The van der Waals surface area contributed by atoms with Crippen molar-refractivity contribution in [3.05, 3.63) is 104 Å². The average molecular weight is 907 g/mol. The lowest BCUT2D eigenvalue weighted by molar-refractivity contribution is -0.166. The van der Waals surface area contributed by atoms with E-state index in [0.717, 1.165) is 42.5 Å². The Morgan fingerprint density at radius 1 is 0.736 bits per heavy atom. The smallest absolute Gasteiger partial charge is 0.368 e. The number of rotatable bonds is 14. The SMILES string of the molecule is NC(=O)[C@H](Cc1ccc(C(F)(F)P(=O)(O)O)cc1)NC(=O)[C@H](Cc1ccc(C(F)(F)P(=O)(O)O)cc1)NC(=O)c1cc([125I])cc(C2(C(F)(F)F)N=N2)c1. The second-order valence-corrected chi connectivity index (χ2v) is 16.1. The zero-order valence-corrected chi connectivity index (χ0v) is 30.1. The first kappa shape index (κ1) is 42.0. The van der Waals surface area contributed by atoms with E-state index in [1.54, 1.807) is 22.6 Å². The van der Waals surface area contributed by atoms with Gasteiger partial charge in [0.25, 0.3) is 5.91 Å². The molecule has 0 aromatic heterocycles. The number of nitrogens with one attached hydrogen (secondary N) is 2. The molecule has 2 atom stereocenters. The molecule has 0 saturated carbocycles. The highest BCUT2D eigenvalue weighted by Crippen LogP contribution is 2.60. The molecule has 0 saturated heterocycles. The number of hydrogen-bond donors (Lipinski definition) is 7. The maximum atomic E-state index is 14.2. The first-order valence-electron chi connectivity index (χ1n) is 14.5. The highest BCUT2D eigenvalue weighted by molar-refractivity contribution is 14.1. The number of carbonyl (C=O) groups excluding carboxylic acids is 3. The molecular formula is C29H25F7IN5O9P2. The van der Waals surface area contributed by atoms with Crippen molar-refractivity contribution in [2.75, 3.05) is 0 Å². The Kier molecular flexibility index (Phi) is 11.7. The molecule has 0 radical (unpaired) electrons. The van der Waals surface area contributed by atoms with Crippen molar-refractivity contribution in [1.29, 1.82) is 0 Å². The standard InChI is InChI=1S/C29H25F7IN5O9P2/c30-27(31,52(46,47)48)17-5-1-14(2-6-17)9-21(23(38)43)39-25(45)22(10-15-3-7-18(8-4-15)28(32,33)53(49,50)51)40-24(44)16-11-19(13-20(37)12-16)26(41-42-26)29(34,35)36/h1-8,11-13,21-22H,9-10H2,(H2,38,43)(H,39,45)(H,40,44)(H2,46,47,48)(H2,49,50,51)/t21-,22-/m0/s1/i37-2. The van der Waals surface area contributed by atoms with E-state index in [0.29, 0.717) is 24.3 Å². The summed E-state index contributed by atoms with van der Waals surface area (Å²) in [5.74, 6) is -3.49. The molecule has 3 amide bonds. The quantitative estimate of drug-likeness (QED) is 0.0685. The third-order valence-corrected chi connectivity index (χ3v) is 10.4. The molecule has 0 spiro atoms. The van der Waals surface area contributed by atoms with E-state index in [1.807, 2.05) is 0 Å². The highest BCUT2D eigenvalue weighted by Gasteiger charge is 2.65. The Labute approximate surface area is 306 Å². The van der Waals surface area contributed by atoms with Gasteiger partial charge in [-0.3, -0.25) is 23.5 Å². The van der Waals surface area contributed by atoms with Crippen LogP contribution in [0.5, 0.6) is 0 Å². The van der Waals surface area contributed by atoms with Crippen LogP contribution in [0.15, 0.2) is 77.0 Å². The van der Waals surface area contributed by atoms with Gasteiger partial charge in [-0.15, -0.1) is 10.2 Å². The molecular weight excluding hydrogens is 882 g/mol. The second kappa shape index (κ2) is 14.8. The third-order valence-electron chi connectivity index (χ3n) is 7.75. The van der Waals surface area contributed by atoms with Crippen LogP contribution in [0.25, 0.3) is 0 Å². The third kappa shape index (κ3) is 9.13. The molecule has 0 aliphatic carbocycles. The summed E-state index contributed by atoms with van der Waals surface area (Å²) in [6.45, 7) is 0. The monoisotopic (exact) mass is 907 g/mol. The van der Waals surface area contributed by atoms with Crippen LogP contribution in [-0.2, 0) is 48.6 Å². The number of halogens is 8. The maximum Gasteiger partial charge on any atom is 0.442 e. The Bertz CT molecular complexity index is 2040. The van der Waals surface area contributed by atoms with Crippen molar-refractivity contribution in [2.45, 2.75) is 48.1 Å². The number of nitrogens with two attached hydrogens (primary N) is 1. The number of nitrogens with zero attached hydrogens (tertiary/aromatic N) is 2. The number of alkyl halides is 7. The zero-order valence-electron chi connectivity index (χ0n) is 26.1. The van der Waals surface area contributed by atoms with Gasteiger partial charge in [-0.1, -0.05) is 48.5 Å². The predicted octanol–water partition coefficient (Wildman–Crippen LogP) is 4.48. The first-order valence-corrected chi connectivity index (χ1v) is 18.8. The van der Waals surface area contributed by atoms with Crippen molar-refractivity contribution < 1.29 is 73.8 Å². The molecule has 3 aromatic carbocycles. The second-order valence-electron chi connectivity index (χ2n) is 11.6. The fourth-order valence-electron chi connectivity index (χ4n) is 4.80. The highest BCUT2D eigenvalue weighted by atomic mass is 125. The Morgan fingerprint density at radius 3 is 1.55 bits per heavy atom. The summed E-state index contributed by atoms with van der Waals surface area (Å²) in [7, 11) is -11.9. The summed E-state index contributed by atoms with van der Waals surface area (Å²) in [5, 5.41) is 10.7. The minimum Gasteiger partial charge on any atom is -0.368 e. The molecule has 0 unspecified atom stereocenters. The molecule has 24 heteroatoms. The van der Waals surface area contributed by atoms with Crippen molar-refractivity contribution in [2.24, 2.45) is 16.0 Å². The van der Waals surface area contributed by atoms with Crippen LogP contribution < -0.4 is 16.4 Å². The molecule has 1 heterocycles. The zero-order chi connectivity index (χ0) is 39.9. The largest absolute Gasteiger partial charge is 0.442 e. The first-order chi connectivity index (χ1) is 24.2. The van der Waals surface area contributed by atoms with E-state index in [9.17, 15) is 54.2 Å². The number of benzene rings is 3. The van der Waals surface area contributed by atoms with Gasteiger partial charge in [0.2, 0.25) is 11.8 Å². The van der Waals surface area contributed by atoms with Gasteiger partial charge < -0.3 is 35.9 Å². The number of primary amides is 1. The van der Waals surface area contributed by atoms with Gasteiger partial charge in [-0.2, -0.15) is 30.7 Å². The van der Waals surface area contributed by atoms with E-state index < -0.39 is 103 Å². The van der Waals surface area contributed by atoms with Gasteiger partial charge in [-0.25, -0.2) is 0 Å². The molecule has 53 heavy (non-hydrogen) atoms. The Morgan fingerprint density at radius 2 is 1.17 bits per heavy atom. The molecule has 3 aromatic rings. The summed E-state index contributed by atoms with van der Waals surface area (Å²) in [4.78, 5) is 75.3. The average Bonchev–Trinajstić information content (AvgIpc) is 3.86. The van der Waals surface area contributed by atoms with Crippen LogP contribution >= 0.6 is 37.8 Å². The lowest BCUT2D eigenvalue weighted by Gasteiger charge is -2.23. The molecule has 8 N–H and O–H groups in total. The van der Waals surface area contributed by atoms with E-state index in [2.05, 4.69) is 20.9 Å². The minimum atomic E-state index is -5.96. The fourth-order valence-corrected chi connectivity index (χ4v) is 6.44. The van der Waals surface area contributed by atoms with Crippen LogP contribution in [0.4, 0.5) is 30.7 Å². The number of carbonyl (C=O) groups is 3. The van der Waals surface area contributed by atoms with E-state index in [4.69, 9.17) is 25.3 Å². The molecule has 1 aliphatic rings. The van der Waals surface area contributed by atoms with Crippen molar-refractivity contribution in [1.82, 2.24) is 10.6 Å². The molecule has 1 aliphatic heterocycles. The topological polar surface area (TPSA) is 241 Å². The Balaban J connectivity index is 1.63. The molecule has 286 valence electrons. The maximum absolute atomic E-state index is 14.2. The fraction of sp³-hybridized carbons (Fsp3) is 0.276. The molecule has 4 rings (SSSR count). The number of hydrogen-bond acceptors (Lipinski definition) is 7. The predicted molar refractivity (Wildman–Crippen MR) is 176 cm³/mol. The van der Waals surface area contributed by atoms with Crippen LogP contribution in [-0.4, -0.2) is 55.6 Å². The van der Waals surface area contributed by atoms with Gasteiger partial charge >= 0.3 is 38.4 Å². The van der Waals surface area contributed by atoms with Crippen LogP contribution in [0, 0.1) is 3.57 Å². The molecule has 14 nitrogen and oxygen atoms in total. The van der Waals surface area contributed by atoms with E-state index >= 15 is 0 Å².